The fraction of sp³-hybridized carbons (Fsp3) is 0.375. The summed E-state index contributed by atoms with van der Waals surface area (Å²) >= 11 is 0. The topological polar surface area (TPSA) is 41.6 Å². The average Bonchev–Trinajstić information content (AvgIpc) is 2.72. The van der Waals surface area contributed by atoms with Crippen LogP contribution in [0.1, 0.15) is 43.9 Å². The van der Waals surface area contributed by atoms with Crippen LogP contribution in [-0.4, -0.2) is 26.1 Å². The fourth-order valence-electron chi connectivity index (χ4n) is 3.71. The summed E-state index contributed by atoms with van der Waals surface area (Å²) < 4.78 is 5.31. The van der Waals surface area contributed by atoms with Gasteiger partial charge in [-0.2, -0.15) is 0 Å². The van der Waals surface area contributed by atoms with Crippen molar-refractivity contribution in [3.63, 3.8) is 0 Å². The summed E-state index contributed by atoms with van der Waals surface area (Å²) in [6.45, 7) is 6.58. The van der Waals surface area contributed by atoms with Crippen LogP contribution in [0.15, 0.2) is 54.6 Å². The largest absolute Gasteiger partial charge is 0.496 e. The first-order chi connectivity index (χ1) is 13.6. The third kappa shape index (κ3) is 5.16. The normalized spacial score (nSPS) is 18.1. The standard InChI is InChI=1S/C24H30N2O2/c1-18-7-6-16-26(17-18)22-13-10-20(11-14-22)19(2)25-24(27)15-12-21-8-4-5-9-23(21)28-3/h4-5,8-15,18-19H,6-7,16-17H2,1-3H3,(H,25,27)/b15-12+/t18-,19+/m1/s1. The molecular formula is C24H30N2O2. The van der Waals surface area contributed by atoms with Gasteiger partial charge in [-0.3, -0.25) is 4.79 Å². The van der Waals surface area contributed by atoms with Crippen molar-refractivity contribution in [2.75, 3.05) is 25.1 Å². The SMILES string of the molecule is COc1ccccc1/C=C/C(=O)N[C@@H](C)c1ccc(N2CCC[C@@H](C)C2)cc1. The molecule has 2 aromatic carbocycles. The smallest absolute Gasteiger partial charge is 0.244 e. The number of anilines is 1. The summed E-state index contributed by atoms with van der Waals surface area (Å²) in [5.74, 6) is 1.39. The zero-order valence-corrected chi connectivity index (χ0v) is 17.0. The van der Waals surface area contributed by atoms with Crippen molar-refractivity contribution >= 4 is 17.7 Å². The van der Waals surface area contributed by atoms with E-state index in [-0.39, 0.29) is 11.9 Å². The molecule has 0 saturated carbocycles. The number of benzene rings is 2. The van der Waals surface area contributed by atoms with Crippen LogP contribution < -0.4 is 15.0 Å². The van der Waals surface area contributed by atoms with E-state index in [2.05, 4.69) is 41.4 Å². The monoisotopic (exact) mass is 378 g/mol. The quantitative estimate of drug-likeness (QED) is 0.733. The van der Waals surface area contributed by atoms with Crippen molar-refractivity contribution in [1.29, 1.82) is 0 Å². The van der Waals surface area contributed by atoms with Crippen LogP contribution in [0.2, 0.25) is 0 Å². The molecule has 1 heterocycles. The zero-order valence-electron chi connectivity index (χ0n) is 17.0. The van der Waals surface area contributed by atoms with Crippen LogP contribution in [-0.2, 0) is 4.79 Å². The predicted octanol–water partition coefficient (Wildman–Crippen LogP) is 4.82. The summed E-state index contributed by atoms with van der Waals surface area (Å²) in [5.41, 5.74) is 3.26. The van der Waals surface area contributed by atoms with Crippen LogP contribution in [0.3, 0.4) is 0 Å². The van der Waals surface area contributed by atoms with E-state index in [1.54, 1.807) is 19.3 Å². The molecule has 1 amide bonds. The molecule has 28 heavy (non-hydrogen) atoms. The Labute approximate surface area is 168 Å². The molecule has 0 bridgehead atoms. The second-order valence-corrected chi connectivity index (χ2v) is 7.59. The molecule has 4 nitrogen and oxygen atoms in total. The number of carbonyl (C=O) groups is 1. The van der Waals surface area contributed by atoms with Crippen molar-refractivity contribution in [1.82, 2.24) is 5.32 Å². The van der Waals surface area contributed by atoms with Gasteiger partial charge in [-0.05, 0) is 55.5 Å². The van der Waals surface area contributed by atoms with Gasteiger partial charge in [-0.1, -0.05) is 37.3 Å². The summed E-state index contributed by atoms with van der Waals surface area (Å²) in [7, 11) is 1.63. The third-order valence-electron chi connectivity index (χ3n) is 5.33. The first-order valence-electron chi connectivity index (χ1n) is 10.0. The molecule has 0 radical (unpaired) electrons. The molecule has 0 spiro atoms. The van der Waals surface area contributed by atoms with E-state index in [9.17, 15) is 4.79 Å². The van der Waals surface area contributed by atoms with E-state index in [1.807, 2.05) is 31.2 Å². The number of rotatable bonds is 6. The van der Waals surface area contributed by atoms with Gasteiger partial charge >= 0.3 is 0 Å². The van der Waals surface area contributed by atoms with E-state index < -0.39 is 0 Å². The second-order valence-electron chi connectivity index (χ2n) is 7.59. The van der Waals surface area contributed by atoms with Crippen molar-refractivity contribution < 1.29 is 9.53 Å². The lowest BCUT2D eigenvalue weighted by Crippen LogP contribution is -2.34. The van der Waals surface area contributed by atoms with Crippen molar-refractivity contribution in [3.8, 4) is 5.75 Å². The third-order valence-corrected chi connectivity index (χ3v) is 5.33. The van der Waals surface area contributed by atoms with Crippen LogP contribution in [0, 0.1) is 5.92 Å². The number of carbonyl (C=O) groups excluding carboxylic acids is 1. The van der Waals surface area contributed by atoms with Gasteiger partial charge in [0, 0.05) is 30.4 Å². The summed E-state index contributed by atoms with van der Waals surface area (Å²) in [5, 5.41) is 3.03. The number of nitrogens with zero attached hydrogens (tertiary/aromatic N) is 1. The molecule has 1 saturated heterocycles. The molecule has 0 unspecified atom stereocenters. The minimum Gasteiger partial charge on any atom is -0.496 e. The van der Waals surface area contributed by atoms with Gasteiger partial charge in [-0.15, -0.1) is 0 Å². The molecule has 1 fully saturated rings. The maximum absolute atomic E-state index is 12.3. The molecule has 1 N–H and O–H groups in total. The van der Waals surface area contributed by atoms with E-state index in [0.717, 1.165) is 35.9 Å². The predicted molar refractivity (Wildman–Crippen MR) is 116 cm³/mol. The number of para-hydroxylation sites is 1. The minimum absolute atomic E-state index is 0.0517. The Bertz CT molecular complexity index is 814. The minimum atomic E-state index is -0.118. The Morgan fingerprint density at radius 1 is 1.21 bits per heavy atom. The molecule has 2 atom stereocenters. The van der Waals surface area contributed by atoms with Gasteiger partial charge in [0.15, 0.2) is 0 Å². The van der Waals surface area contributed by atoms with Crippen molar-refractivity contribution in [2.45, 2.75) is 32.7 Å². The molecule has 0 aromatic heterocycles. The summed E-state index contributed by atoms with van der Waals surface area (Å²) in [6.07, 6.45) is 5.91. The molecule has 4 heteroatoms. The average molecular weight is 379 g/mol. The number of piperidine rings is 1. The molecule has 1 aliphatic rings. The highest BCUT2D eigenvalue weighted by molar-refractivity contribution is 5.92. The number of methoxy groups -OCH3 is 1. The summed E-state index contributed by atoms with van der Waals surface area (Å²) in [6, 6.07) is 16.1. The first-order valence-corrected chi connectivity index (χ1v) is 10.0. The number of hydrogen-bond donors (Lipinski definition) is 1. The number of ether oxygens (including phenoxy) is 1. The molecule has 0 aliphatic carbocycles. The molecule has 3 rings (SSSR count). The Balaban J connectivity index is 1.58. The lowest BCUT2D eigenvalue weighted by atomic mass is 9.99. The van der Waals surface area contributed by atoms with Crippen LogP contribution in [0.5, 0.6) is 5.75 Å². The molecular weight excluding hydrogens is 348 g/mol. The van der Waals surface area contributed by atoms with Crippen molar-refractivity contribution in [3.05, 3.63) is 65.7 Å². The van der Waals surface area contributed by atoms with Crippen molar-refractivity contribution in [2.24, 2.45) is 5.92 Å². The van der Waals surface area contributed by atoms with Gasteiger partial charge in [0.1, 0.15) is 5.75 Å². The van der Waals surface area contributed by atoms with Crippen LogP contribution in [0.4, 0.5) is 5.69 Å². The lowest BCUT2D eigenvalue weighted by Gasteiger charge is -2.33. The van der Waals surface area contributed by atoms with Gasteiger partial charge < -0.3 is 15.0 Å². The maximum atomic E-state index is 12.3. The van der Waals surface area contributed by atoms with Gasteiger partial charge in [0.05, 0.1) is 13.2 Å². The lowest BCUT2D eigenvalue weighted by molar-refractivity contribution is -0.117. The van der Waals surface area contributed by atoms with Crippen LogP contribution >= 0.6 is 0 Å². The van der Waals surface area contributed by atoms with Gasteiger partial charge in [0.25, 0.3) is 0 Å². The van der Waals surface area contributed by atoms with E-state index in [1.165, 1.54) is 18.5 Å². The van der Waals surface area contributed by atoms with Gasteiger partial charge in [0.2, 0.25) is 5.91 Å². The Kier molecular flexibility index (Phi) is 6.75. The zero-order chi connectivity index (χ0) is 19.9. The maximum Gasteiger partial charge on any atom is 0.244 e. The fourth-order valence-corrected chi connectivity index (χ4v) is 3.71. The highest BCUT2D eigenvalue weighted by Gasteiger charge is 2.17. The Morgan fingerprint density at radius 2 is 1.96 bits per heavy atom. The molecule has 2 aromatic rings. The highest BCUT2D eigenvalue weighted by atomic mass is 16.5. The van der Waals surface area contributed by atoms with Gasteiger partial charge in [-0.25, -0.2) is 0 Å². The van der Waals surface area contributed by atoms with E-state index >= 15 is 0 Å². The molecule has 1 aliphatic heterocycles. The molecule has 148 valence electrons. The number of nitrogens with one attached hydrogen (secondary N) is 1. The Hall–Kier alpha value is -2.75. The van der Waals surface area contributed by atoms with Crippen LogP contribution in [0.25, 0.3) is 6.08 Å². The second kappa shape index (κ2) is 9.45. The van der Waals surface area contributed by atoms with E-state index in [4.69, 9.17) is 4.74 Å². The highest BCUT2D eigenvalue weighted by Crippen LogP contribution is 2.24. The Morgan fingerprint density at radius 3 is 2.68 bits per heavy atom. The van der Waals surface area contributed by atoms with E-state index in [0.29, 0.717) is 0 Å². The summed E-state index contributed by atoms with van der Waals surface area (Å²) in [4.78, 5) is 14.8. The first kappa shape index (κ1) is 20.0. The number of hydrogen-bond acceptors (Lipinski definition) is 3. The number of amides is 1.